The second-order valence-corrected chi connectivity index (χ2v) is 5.06. The Morgan fingerprint density at radius 2 is 2.22 bits per heavy atom. The van der Waals surface area contributed by atoms with Crippen LogP contribution in [0.2, 0.25) is 0 Å². The summed E-state index contributed by atoms with van der Waals surface area (Å²) in [5.74, 6) is 0.612. The van der Waals surface area contributed by atoms with E-state index in [-0.39, 0.29) is 6.61 Å². The SMILES string of the molecule is C=CCN(CCO)CC1CCCc2ccccc21. The molecule has 0 heterocycles. The van der Waals surface area contributed by atoms with Gasteiger partial charge < -0.3 is 5.11 Å². The lowest BCUT2D eigenvalue weighted by Crippen LogP contribution is -2.32. The first-order valence-electron chi connectivity index (χ1n) is 6.87. The van der Waals surface area contributed by atoms with Gasteiger partial charge in [-0.25, -0.2) is 0 Å². The van der Waals surface area contributed by atoms with E-state index >= 15 is 0 Å². The summed E-state index contributed by atoms with van der Waals surface area (Å²) >= 11 is 0. The fourth-order valence-electron chi connectivity index (χ4n) is 2.94. The minimum absolute atomic E-state index is 0.224. The number of aliphatic hydroxyl groups is 1. The van der Waals surface area contributed by atoms with Crippen LogP contribution in [0.15, 0.2) is 36.9 Å². The molecular formula is C16H23NO. The van der Waals surface area contributed by atoms with E-state index in [9.17, 15) is 0 Å². The van der Waals surface area contributed by atoms with E-state index in [0.29, 0.717) is 5.92 Å². The number of hydrogen-bond donors (Lipinski definition) is 1. The monoisotopic (exact) mass is 245 g/mol. The van der Waals surface area contributed by atoms with Crippen molar-refractivity contribution in [3.63, 3.8) is 0 Å². The highest BCUT2D eigenvalue weighted by Gasteiger charge is 2.21. The lowest BCUT2D eigenvalue weighted by molar-refractivity contribution is 0.197. The van der Waals surface area contributed by atoms with Gasteiger partial charge >= 0.3 is 0 Å². The Hall–Kier alpha value is -1.12. The third-order valence-corrected chi connectivity index (χ3v) is 3.78. The van der Waals surface area contributed by atoms with Gasteiger partial charge in [0, 0.05) is 19.6 Å². The molecule has 2 rings (SSSR count). The zero-order valence-corrected chi connectivity index (χ0v) is 11.0. The quantitative estimate of drug-likeness (QED) is 0.779. The van der Waals surface area contributed by atoms with Crippen LogP contribution in [0.25, 0.3) is 0 Å². The van der Waals surface area contributed by atoms with Crippen molar-refractivity contribution in [2.24, 2.45) is 0 Å². The fraction of sp³-hybridized carbons (Fsp3) is 0.500. The first kappa shape index (κ1) is 13.3. The molecule has 0 saturated carbocycles. The Kier molecular flexibility index (Phi) is 4.97. The maximum atomic E-state index is 9.11. The average molecular weight is 245 g/mol. The number of aryl methyl sites for hydroxylation is 1. The first-order chi connectivity index (χ1) is 8.85. The van der Waals surface area contributed by atoms with E-state index in [0.717, 1.165) is 19.6 Å². The molecule has 1 atom stereocenters. The van der Waals surface area contributed by atoms with E-state index in [4.69, 9.17) is 5.11 Å². The summed E-state index contributed by atoms with van der Waals surface area (Å²) in [7, 11) is 0. The molecule has 0 radical (unpaired) electrons. The first-order valence-corrected chi connectivity index (χ1v) is 6.87. The summed E-state index contributed by atoms with van der Waals surface area (Å²) in [4.78, 5) is 2.29. The molecular weight excluding hydrogens is 222 g/mol. The van der Waals surface area contributed by atoms with Gasteiger partial charge in [-0.3, -0.25) is 4.90 Å². The van der Waals surface area contributed by atoms with Crippen molar-refractivity contribution in [1.82, 2.24) is 4.90 Å². The molecule has 1 aromatic carbocycles. The summed E-state index contributed by atoms with van der Waals surface area (Å²) in [6.45, 7) is 6.65. The molecule has 0 aliphatic heterocycles. The Balaban J connectivity index is 2.07. The van der Waals surface area contributed by atoms with E-state index in [1.165, 1.54) is 30.4 Å². The van der Waals surface area contributed by atoms with Crippen molar-refractivity contribution in [2.75, 3.05) is 26.2 Å². The third kappa shape index (κ3) is 3.21. The van der Waals surface area contributed by atoms with Crippen LogP contribution in [-0.4, -0.2) is 36.2 Å². The molecule has 2 nitrogen and oxygen atoms in total. The third-order valence-electron chi connectivity index (χ3n) is 3.78. The maximum Gasteiger partial charge on any atom is 0.0558 e. The highest BCUT2D eigenvalue weighted by Crippen LogP contribution is 2.31. The predicted octanol–water partition coefficient (Wildman–Crippen LogP) is 2.59. The highest BCUT2D eigenvalue weighted by atomic mass is 16.3. The standard InChI is InChI=1S/C16H23NO/c1-2-10-17(11-12-18)13-15-8-5-7-14-6-3-4-9-16(14)15/h2-4,6,9,15,18H,1,5,7-8,10-13H2. The van der Waals surface area contributed by atoms with Crippen LogP contribution >= 0.6 is 0 Å². The van der Waals surface area contributed by atoms with Crippen molar-refractivity contribution in [3.05, 3.63) is 48.0 Å². The molecule has 18 heavy (non-hydrogen) atoms. The number of fused-ring (bicyclic) bond motifs is 1. The van der Waals surface area contributed by atoms with Gasteiger partial charge in [0.25, 0.3) is 0 Å². The van der Waals surface area contributed by atoms with Crippen LogP contribution in [0, 0.1) is 0 Å². The van der Waals surface area contributed by atoms with Crippen LogP contribution < -0.4 is 0 Å². The van der Waals surface area contributed by atoms with E-state index in [1.807, 2.05) is 6.08 Å². The molecule has 0 amide bonds. The number of aliphatic hydroxyl groups excluding tert-OH is 1. The van der Waals surface area contributed by atoms with Gasteiger partial charge in [-0.15, -0.1) is 6.58 Å². The van der Waals surface area contributed by atoms with Gasteiger partial charge in [0.15, 0.2) is 0 Å². The molecule has 98 valence electrons. The van der Waals surface area contributed by atoms with Gasteiger partial charge in [-0.1, -0.05) is 30.3 Å². The second kappa shape index (κ2) is 6.72. The van der Waals surface area contributed by atoms with Gasteiger partial charge in [0.1, 0.15) is 0 Å². The summed E-state index contributed by atoms with van der Waals surface area (Å²) in [6, 6.07) is 8.80. The van der Waals surface area contributed by atoms with Crippen LogP contribution in [0.5, 0.6) is 0 Å². The Morgan fingerprint density at radius 3 is 3.00 bits per heavy atom. The predicted molar refractivity (Wildman–Crippen MR) is 75.8 cm³/mol. The minimum atomic E-state index is 0.224. The zero-order valence-electron chi connectivity index (χ0n) is 11.0. The molecule has 1 aliphatic carbocycles. The highest BCUT2D eigenvalue weighted by molar-refractivity contribution is 5.32. The van der Waals surface area contributed by atoms with Crippen molar-refractivity contribution < 1.29 is 5.11 Å². The summed E-state index contributed by atoms with van der Waals surface area (Å²) in [6.07, 6.45) is 5.68. The summed E-state index contributed by atoms with van der Waals surface area (Å²) < 4.78 is 0. The van der Waals surface area contributed by atoms with Crippen LogP contribution in [0.1, 0.15) is 29.9 Å². The number of hydrogen-bond acceptors (Lipinski definition) is 2. The largest absolute Gasteiger partial charge is 0.395 e. The molecule has 0 saturated heterocycles. The van der Waals surface area contributed by atoms with E-state index in [2.05, 4.69) is 35.7 Å². The minimum Gasteiger partial charge on any atom is -0.395 e. The lowest BCUT2D eigenvalue weighted by Gasteiger charge is -2.30. The molecule has 1 N–H and O–H groups in total. The number of nitrogens with zero attached hydrogens (tertiary/aromatic N) is 1. The molecule has 0 spiro atoms. The van der Waals surface area contributed by atoms with Crippen LogP contribution in [-0.2, 0) is 6.42 Å². The van der Waals surface area contributed by atoms with Crippen molar-refractivity contribution in [1.29, 1.82) is 0 Å². The number of rotatable bonds is 6. The molecule has 1 unspecified atom stereocenters. The van der Waals surface area contributed by atoms with Gasteiger partial charge in [-0.05, 0) is 36.3 Å². The number of benzene rings is 1. The molecule has 1 aliphatic rings. The van der Waals surface area contributed by atoms with Gasteiger partial charge in [0.05, 0.1) is 6.61 Å². The fourth-order valence-corrected chi connectivity index (χ4v) is 2.94. The maximum absolute atomic E-state index is 9.11. The smallest absolute Gasteiger partial charge is 0.0558 e. The summed E-state index contributed by atoms with van der Waals surface area (Å²) in [5, 5.41) is 9.11. The average Bonchev–Trinajstić information content (AvgIpc) is 2.40. The van der Waals surface area contributed by atoms with Crippen molar-refractivity contribution in [2.45, 2.75) is 25.2 Å². The van der Waals surface area contributed by atoms with Crippen LogP contribution in [0.3, 0.4) is 0 Å². The zero-order chi connectivity index (χ0) is 12.8. The van der Waals surface area contributed by atoms with E-state index < -0.39 is 0 Å². The van der Waals surface area contributed by atoms with Crippen molar-refractivity contribution in [3.8, 4) is 0 Å². The molecule has 0 aromatic heterocycles. The van der Waals surface area contributed by atoms with Gasteiger partial charge in [-0.2, -0.15) is 0 Å². The molecule has 0 fully saturated rings. The Labute approximate surface area is 110 Å². The Morgan fingerprint density at radius 1 is 1.39 bits per heavy atom. The molecule has 1 aromatic rings. The molecule has 2 heteroatoms. The van der Waals surface area contributed by atoms with Crippen molar-refractivity contribution >= 4 is 0 Å². The second-order valence-electron chi connectivity index (χ2n) is 5.06. The lowest BCUT2D eigenvalue weighted by atomic mass is 9.82. The normalized spacial score (nSPS) is 18.7. The topological polar surface area (TPSA) is 23.5 Å². The van der Waals surface area contributed by atoms with Crippen LogP contribution in [0.4, 0.5) is 0 Å². The Bertz CT molecular complexity index is 388. The molecule has 0 bridgehead atoms. The van der Waals surface area contributed by atoms with E-state index in [1.54, 1.807) is 0 Å². The summed E-state index contributed by atoms with van der Waals surface area (Å²) in [5.41, 5.74) is 3.02. The van der Waals surface area contributed by atoms with Gasteiger partial charge in [0.2, 0.25) is 0 Å².